The minimum atomic E-state index is -4.41. The maximum Gasteiger partial charge on any atom is 0.405 e. The van der Waals surface area contributed by atoms with Gasteiger partial charge in [-0.05, 0) is 23.6 Å². The van der Waals surface area contributed by atoms with Crippen molar-refractivity contribution in [2.24, 2.45) is 0 Å². The van der Waals surface area contributed by atoms with Crippen molar-refractivity contribution in [2.45, 2.75) is 25.9 Å². The van der Waals surface area contributed by atoms with Crippen LogP contribution < -0.4 is 10.1 Å². The summed E-state index contributed by atoms with van der Waals surface area (Å²) in [6.45, 7) is 2.31. The molecule has 0 bridgehead atoms. The number of rotatable bonds is 5. The van der Waals surface area contributed by atoms with Crippen molar-refractivity contribution in [3.63, 3.8) is 0 Å². The number of halogens is 3. The summed E-state index contributed by atoms with van der Waals surface area (Å²) >= 11 is 0. The first kappa shape index (κ1) is 15.3. The lowest BCUT2D eigenvalue weighted by atomic mass is 10.0. The van der Waals surface area contributed by atoms with Gasteiger partial charge < -0.3 is 10.1 Å². The molecule has 0 saturated heterocycles. The molecule has 1 rings (SSSR count). The van der Waals surface area contributed by atoms with Crippen LogP contribution in [-0.4, -0.2) is 25.2 Å². The van der Waals surface area contributed by atoms with E-state index in [2.05, 4.69) is 0 Å². The van der Waals surface area contributed by atoms with Gasteiger partial charge in [-0.3, -0.25) is 4.79 Å². The number of benzene rings is 1. The van der Waals surface area contributed by atoms with E-state index in [-0.39, 0.29) is 0 Å². The predicted octanol–water partition coefficient (Wildman–Crippen LogP) is 2.87. The van der Waals surface area contributed by atoms with Crippen LogP contribution in [0, 0.1) is 0 Å². The number of ether oxygens (including phenoxy) is 1. The highest BCUT2D eigenvalue weighted by atomic mass is 19.4. The fourth-order valence-corrected chi connectivity index (χ4v) is 1.35. The lowest BCUT2D eigenvalue weighted by molar-refractivity contribution is -0.139. The van der Waals surface area contributed by atoms with Gasteiger partial charge in [0, 0.05) is 0 Å². The number of hydrogen-bond acceptors (Lipinski definition) is 2. The lowest BCUT2D eigenvalue weighted by Gasteiger charge is -2.10. The van der Waals surface area contributed by atoms with Gasteiger partial charge in [-0.2, -0.15) is 13.2 Å². The van der Waals surface area contributed by atoms with E-state index >= 15 is 0 Å². The first-order valence-corrected chi connectivity index (χ1v) is 5.84. The summed E-state index contributed by atoms with van der Waals surface area (Å²) in [4.78, 5) is 11.1. The first-order valence-electron chi connectivity index (χ1n) is 5.84. The lowest BCUT2D eigenvalue weighted by Crippen LogP contribution is -2.36. The molecular formula is C13H16F3NO2. The summed E-state index contributed by atoms with van der Waals surface area (Å²) < 4.78 is 40.6. The monoisotopic (exact) mass is 275 g/mol. The quantitative estimate of drug-likeness (QED) is 0.897. The molecule has 19 heavy (non-hydrogen) atoms. The minimum Gasteiger partial charge on any atom is -0.484 e. The van der Waals surface area contributed by atoms with E-state index in [0.717, 1.165) is 5.56 Å². The van der Waals surface area contributed by atoms with Crippen molar-refractivity contribution in [1.82, 2.24) is 5.32 Å². The van der Waals surface area contributed by atoms with E-state index in [9.17, 15) is 18.0 Å². The molecule has 1 amide bonds. The highest BCUT2D eigenvalue weighted by Crippen LogP contribution is 2.18. The van der Waals surface area contributed by atoms with Gasteiger partial charge in [0.15, 0.2) is 6.61 Å². The molecule has 6 heteroatoms. The van der Waals surface area contributed by atoms with Crippen LogP contribution in [0.25, 0.3) is 0 Å². The third-order valence-electron chi connectivity index (χ3n) is 2.40. The van der Waals surface area contributed by atoms with Crippen molar-refractivity contribution in [1.29, 1.82) is 0 Å². The van der Waals surface area contributed by atoms with Crippen molar-refractivity contribution < 1.29 is 22.7 Å². The van der Waals surface area contributed by atoms with Gasteiger partial charge >= 0.3 is 6.18 Å². The first-order chi connectivity index (χ1) is 8.78. The maximum atomic E-state index is 11.8. The molecule has 0 aliphatic rings. The van der Waals surface area contributed by atoms with E-state index in [4.69, 9.17) is 4.74 Å². The summed E-state index contributed by atoms with van der Waals surface area (Å²) in [5, 5.41) is 1.73. The SMILES string of the molecule is CC(C)c1ccc(OCC(=O)NCC(F)(F)F)cc1. The second-order valence-electron chi connectivity index (χ2n) is 4.40. The number of carbonyl (C=O) groups excluding carboxylic acids is 1. The molecule has 0 unspecified atom stereocenters. The molecular weight excluding hydrogens is 259 g/mol. The number of alkyl halides is 3. The highest BCUT2D eigenvalue weighted by molar-refractivity contribution is 5.77. The third kappa shape index (κ3) is 6.13. The molecule has 0 spiro atoms. The molecule has 0 saturated carbocycles. The Labute approximate surface area is 109 Å². The molecule has 0 fully saturated rings. The van der Waals surface area contributed by atoms with Crippen LogP contribution in [0.15, 0.2) is 24.3 Å². The van der Waals surface area contributed by atoms with E-state index in [1.807, 2.05) is 26.0 Å². The molecule has 0 heterocycles. The molecule has 1 N–H and O–H groups in total. The van der Waals surface area contributed by atoms with Gasteiger partial charge in [-0.15, -0.1) is 0 Å². The van der Waals surface area contributed by atoms with Gasteiger partial charge in [0.05, 0.1) is 0 Å². The smallest absolute Gasteiger partial charge is 0.405 e. The molecule has 1 aromatic rings. The summed E-state index contributed by atoms with van der Waals surface area (Å²) in [5.41, 5.74) is 1.12. The van der Waals surface area contributed by atoms with Crippen LogP contribution >= 0.6 is 0 Å². The van der Waals surface area contributed by atoms with Crippen molar-refractivity contribution in [3.05, 3.63) is 29.8 Å². The fourth-order valence-electron chi connectivity index (χ4n) is 1.35. The average Bonchev–Trinajstić information content (AvgIpc) is 2.33. The topological polar surface area (TPSA) is 38.3 Å². The average molecular weight is 275 g/mol. The Balaban J connectivity index is 2.38. The number of amides is 1. The van der Waals surface area contributed by atoms with E-state index < -0.39 is 25.2 Å². The molecule has 0 aromatic heterocycles. The predicted molar refractivity (Wildman–Crippen MR) is 65.1 cm³/mol. The van der Waals surface area contributed by atoms with Crippen LogP contribution in [0.2, 0.25) is 0 Å². The Hall–Kier alpha value is -1.72. The van der Waals surface area contributed by atoms with E-state index in [1.54, 1.807) is 17.4 Å². The number of nitrogens with one attached hydrogen (secondary N) is 1. The molecule has 0 radical (unpaired) electrons. The molecule has 0 aliphatic carbocycles. The summed E-state index contributed by atoms with van der Waals surface area (Å²) in [6.07, 6.45) is -4.41. The van der Waals surface area contributed by atoms with E-state index in [1.165, 1.54) is 0 Å². The second-order valence-corrected chi connectivity index (χ2v) is 4.40. The van der Waals surface area contributed by atoms with Crippen LogP contribution in [-0.2, 0) is 4.79 Å². The van der Waals surface area contributed by atoms with Crippen LogP contribution in [0.5, 0.6) is 5.75 Å². The van der Waals surface area contributed by atoms with Crippen LogP contribution in [0.3, 0.4) is 0 Å². The van der Waals surface area contributed by atoms with Gasteiger partial charge in [-0.25, -0.2) is 0 Å². The zero-order valence-corrected chi connectivity index (χ0v) is 10.8. The van der Waals surface area contributed by atoms with Gasteiger partial charge in [0.2, 0.25) is 0 Å². The van der Waals surface area contributed by atoms with Gasteiger partial charge in [0.25, 0.3) is 5.91 Å². The van der Waals surface area contributed by atoms with Gasteiger partial charge in [0.1, 0.15) is 12.3 Å². The molecule has 106 valence electrons. The highest BCUT2D eigenvalue weighted by Gasteiger charge is 2.27. The summed E-state index contributed by atoms with van der Waals surface area (Å²) in [7, 11) is 0. The Kier molecular flexibility index (Phi) is 5.20. The van der Waals surface area contributed by atoms with Gasteiger partial charge in [-0.1, -0.05) is 26.0 Å². The normalized spacial score (nSPS) is 11.5. The van der Waals surface area contributed by atoms with Crippen molar-refractivity contribution in [3.8, 4) is 5.75 Å². The Bertz CT molecular complexity index is 413. The Morgan fingerprint density at radius 2 is 1.84 bits per heavy atom. The van der Waals surface area contributed by atoms with E-state index in [0.29, 0.717) is 11.7 Å². The molecule has 3 nitrogen and oxygen atoms in total. The summed E-state index contributed by atoms with van der Waals surface area (Å²) in [6, 6.07) is 7.08. The molecule has 0 atom stereocenters. The Morgan fingerprint density at radius 1 is 1.26 bits per heavy atom. The molecule has 1 aromatic carbocycles. The minimum absolute atomic E-state index is 0.379. The fraction of sp³-hybridized carbons (Fsp3) is 0.462. The standard InChI is InChI=1S/C13H16F3NO2/c1-9(2)10-3-5-11(6-4-10)19-7-12(18)17-8-13(14,15)16/h3-6,9H,7-8H2,1-2H3,(H,17,18). The van der Waals surface area contributed by atoms with Crippen molar-refractivity contribution >= 4 is 5.91 Å². The van der Waals surface area contributed by atoms with Crippen molar-refractivity contribution in [2.75, 3.05) is 13.2 Å². The Morgan fingerprint density at radius 3 is 2.32 bits per heavy atom. The maximum absolute atomic E-state index is 11.8. The second kappa shape index (κ2) is 6.45. The van der Waals surface area contributed by atoms with Crippen LogP contribution in [0.4, 0.5) is 13.2 Å². The van der Waals surface area contributed by atoms with Crippen LogP contribution in [0.1, 0.15) is 25.3 Å². The molecule has 0 aliphatic heterocycles. The largest absolute Gasteiger partial charge is 0.484 e. The summed E-state index contributed by atoms with van der Waals surface area (Å²) in [5.74, 6) is 0.0287. The zero-order valence-electron chi connectivity index (χ0n) is 10.8. The number of carbonyl (C=O) groups is 1. The number of hydrogen-bond donors (Lipinski definition) is 1. The zero-order chi connectivity index (χ0) is 14.5. The third-order valence-corrected chi connectivity index (χ3v) is 2.40.